The van der Waals surface area contributed by atoms with Gasteiger partial charge >= 0.3 is 0 Å². The number of halogens is 1. The molecule has 4 heteroatoms. The Labute approximate surface area is 104 Å². The highest BCUT2D eigenvalue weighted by molar-refractivity contribution is 6.31. The van der Waals surface area contributed by atoms with Crippen LogP contribution < -0.4 is 11.1 Å². The highest BCUT2D eigenvalue weighted by Crippen LogP contribution is 2.26. The SMILES string of the molecule is N#Cc1ccc(Nc2ccc(Cl)cc2N)cc1. The van der Waals surface area contributed by atoms with Gasteiger partial charge in [-0.15, -0.1) is 0 Å². The van der Waals surface area contributed by atoms with Crippen LogP contribution in [0.4, 0.5) is 17.1 Å². The molecule has 2 aromatic carbocycles. The number of hydrogen-bond acceptors (Lipinski definition) is 3. The molecule has 0 spiro atoms. The standard InChI is InChI=1S/C13H10ClN3/c14-10-3-6-13(12(16)7-10)17-11-4-1-9(8-15)2-5-11/h1-7,17H,16H2. The summed E-state index contributed by atoms with van der Waals surface area (Å²) in [7, 11) is 0. The molecule has 0 bridgehead atoms. The van der Waals surface area contributed by atoms with E-state index in [4.69, 9.17) is 22.6 Å². The first-order chi connectivity index (χ1) is 8.19. The van der Waals surface area contributed by atoms with Crippen LogP contribution >= 0.6 is 11.6 Å². The highest BCUT2D eigenvalue weighted by atomic mass is 35.5. The van der Waals surface area contributed by atoms with E-state index in [0.717, 1.165) is 11.4 Å². The molecule has 2 rings (SSSR count). The van der Waals surface area contributed by atoms with E-state index in [1.165, 1.54) is 0 Å². The number of benzene rings is 2. The summed E-state index contributed by atoms with van der Waals surface area (Å²) in [5, 5.41) is 12.4. The molecule has 0 atom stereocenters. The van der Waals surface area contributed by atoms with Crippen LogP contribution in [-0.2, 0) is 0 Å². The minimum Gasteiger partial charge on any atom is -0.397 e. The van der Waals surface area contributed by atoms with Crippen LogP contribution in [0.1, 0.15) is 5.56 Å². The molecule has 0 unspecified atom stereocenters. The second-order valence-corrected chi connectivity index (χ2v) is 3.98. The molecule has 0 saturated carbocycles. The molecule has 0 aromatic heterocycles. The molecular weight excluding hydrogens is 234 g/mol. The lowest BCUT2D eigenvalue weighted by Crippen LogP contribution is -1.95. The van der Waals surface area contributed by atoms with Gasteiger partial charge in [0.05, 0.1) is 23.0 Å². The number of anilines is 3. The summed E-state index contributed by atoms with van der Waals surface area (Å²) in [6.45, 7) is 0. The average molecular weight is 244 g/mol. The molecule has 0 radical (unpaired) electrons. The van der Waals surface area contributed by atoms with Gasteiger partial charge in [0.1, 0.15) is 0 Å². The quantitative estimate of drug-likeness (QED) is 0.793. The number of rotatable bonds is 2. The molecule has 0 amide bonds. The number of nitrogen functional groups attached to an aromatic ring is 1. The first-order valence-corrected chi connectivity index (χ1v) is 5.39. The van der Waals surface area contributed by atoms with Crippen LogP contribution in [0.2, 0.25) is 5.02 Å². The van der Waals surface area contributed by atoms with Crippen molar-refractivity contribution in [2.45, 2.75) is 0 Å². The minimum atomic E-state index is 0.585. The van der Waals surface area contributed by atoms with Crippen LogP contribution in [0.5, 0.6) is 0 Å². The van der Waals surface area contributed by atoms with Crippen molar-refractivity contribution in [3.63, 3.8) is 0 Å². The van der Waals surface area contributed by atoms with E-state index in [1.807, 2.05) is 18.2 Å². The Kier molecular flexibility index (Phi) is 3.17. The summed E-state index contributed by atoms with van der Waals surface area (Å²) in [4.78, 5) is 0. The molecule has 0 fully saturated rings. The topological polar surface area (TPSA) is 61.8 Å². The van der Waals surface area contributed by atoms with Crippen LogP contribution in [0.15, 0.2) is 42.5 Å². The zero-order chi connectivity index (χ0) is 12.3. The Balaban J connectivity index is 2.23. The van der Waals surface area contributed by atoms with E-state index in [1.54, 1.807) is 24.3 Å². The van der Waals surface area contributed by atoms with Gasteiger partial charge in [-0.25, -0.2) is 0 Å². The lowest BCUT2D eigenvalue weighted by molar-refractivity contribution is 1.47. The summed E-state index contributed by atoms with van der Waals surface area (Å²) in [5.74, 6) is 0. The normalized spacial score (nSPS) is 9.65. The Morgan fingerprint density at radius 2 is 1.82 bits per heavy atom. The summed E-state index contributed by atoms with van der Waals surface area (Å²) in [5.41, 5.74) is 8.70. The number of nitrogens with one attached hydrogen (secondary N) is 1. The first kappa shape index (κ1) is 11.3. The first-order valence-electron chi connectivity index (χ1n) is 5.01. The van der Waals surface area contributed by atoms with Crippen molar-refractivity contribution in [3.05, 3.63) is 53.1 Å². The molecule has 0 aliphatic carbocycles. The van der Waals surface area contributed by atoms with Crippen molar-refractivity contribution in [2.24, 2.45) is 0 Å². The predicted molar refractivity (Wildman–Crippen MR) is 70.3 cm³/mol. The molecule has 2 aromatic rings. The Morgan fingerprint density at radius 3 is 2.41 bits per heavy atom. The molecule has 84 valence electrons. The van der Waals surface area contributed by atoms with Gasteiger partial charge in [0.25, 0.3) is 0 Å². The van der Waals surface area contributed by atoms with Gasteiger partial charge in [0, 0.05) is 10.7 Å². The summed E-state index contributed by atoms with van der Waals surface area (Å²) in [6, 6.07) is 14.5. The van der Waals surface area contributed by atoms with Gasteiger partial charge in [-0.05, 0) is 42.5 Å². The number of nitriles is 1. The molecule has 0 aliphatic rings. The maximum Gasteiger partial charge on any atom is 0.0991 e. The summed E-state index contributed by atoms with van der Waals surface area (Å²) < 4.78 is 0. The summed E-state index contributed by atoms with van der Waals surface area (Å²) in [6.07, 6.45) is 0. The third-order valence-electron chi connectivity index (χ3n) is 2.31. The highest BCUT2D eigenvalue weighted by Gasteiger charge is 2.00. The van der Waals surface area contributed by atoms with Crippen LogP contribution in [0, 0.1) is 11.3 Å². The number of nitrogens with zero attached hydrogens (tertiary/aromatic N) is 1. The summed E-state index contributed by atoms with van der Waals surface area (Å²) >= 11 is 5.82. The van der Waals surface area contributed by atoms with Crippen LogP contribution in [0.3, 0.4) is 0 Å². The molecule has 3 N–H and O–H groups in total. The van der Waals surface area contributed by atoms with E-state index >= 15 is 0 Å². The maximum atomic E-state index is 8.69. The number of hydrogen-bond donors (Lipinski definition) is 2. The zero-order valence-corrected chi connectivity index (χ0v) is 9.70. The van der Waals surface area contributed by atoms with Gasteiger partial charge < -0.3 is 11.1 Å². The van der Waals surface area contributed by atoms with E-state index in [2.05, 4.69) is 11.4 Å². The van der Waals surface area contributed by atoms with Gasteiger partial charge in [-0.2, -0.15) is 5.26 Å². The van der Waals surface area contributed by atoms with Gasteiger partial charge in [0.15, 0.2) is 0 Å². The van der Waals surface area contributed by atoms with E-state index < -0.39 is 0 Å². The molecular formula is C13H10ClN3. The van der Waals surface area contributed by atoms with E-state index in [9.17, 15) is 0 Å². The fraction of sp³-hybridized carbons (Fsp3) is 0. The van der Waals surface area contributed by atoms with E-state index in [0.29, 0.717) is 16.3 Å². The molecule has 0 saturated heterocycles. The van der Waals surface area contributed by atoms with Crippen LogP contribution in [-0.4, -0.2) is 0 Å². The monoisotopic (exact) mass is 243 g/mol. The maximum absolute atomic E-state index is 8.69. The largest absolute Gasteiger partial charge is 0.397 e. The average Bonchev–Trinajstić information content (AvgIpc) is 2.34. The van der Waals surface area contributed by atoms with Gasteiger partial charge in [-0.1, -0.05) is 11.6 Å². The smallest absolute Gasteiger partial charge is 0.0991 e. The Hall–Kier alpha value is -2.18. The van der Waals surface area contributed by atoms with E-state index in [-0.39, 0.29) is 0 Å². The second-order valence-electron chi connectivity index (χ2n) is 3.55. The third kappa shape index (κ3) is 2.68. The van der Waals surface area contributed by atoms with Crippen molar-refractivity contribution >= 4 is 28.7 Å². The van der Waals surface area contributed by atoms with Crippen molar-refractivity contribution in [1.82, 2.24) is 0 Å². The van der Waals surface area contributed by atoms with Crippen molar-refractivity contribution in [3.8, 4) is 6.07 Å². The van der Waals surface area contributed by atoms with Gasteiger partial charge in [0.2, 0.25) is 0 Å². The van der Waals surface area contributed by atoms with Crippen molar-refractivity contribution in [1.29, 1.82) is 5.26 Å². The lowest BCUT2D eigenvalue weighted by atomic mass is 10.2. The second kappa shape index (κ2) is 4.77. The third-order valence-corrected chi connectivity index (χ3v) is 2.54. The molecule has 17 heavy (non-hydrogen) atoms. The van der Waals surface area contributed by atoms with Crippen molar-refractivity contribution in [2.75, 3.05) is 11.1 Å². The molecule has 0 aliphatic heterocycles. The number of nitrogens with two attached hydrogens (primary N) is 1. The minimum absolute atomic E-state index is 0.585. The fourth-order valence-electron chi connectivity index (χ4n) is 1.43. The van der Waals surface area contributed by atoms with Gasteiger partial charge in [-0.3, -0.25) is 0 Å². The lowest BCUT2D eigenvalue weighted by Gasteiger charge is -2.09. The zero-order valence-electron chi connectivity index (χ0n) is 8.94. The Bertz CT molecular complexity index is 570. The Morgan fingerprint density at radius 1 is 1.12 bits per heavy atom. The van der Waals surface area contributed by atoms with Crippen LogP contribution in [0.25, 0.3) is 0 Å². The fourth-order valence-corrected chi connectivity index (χ4v) is 1.61. The molecule has 3 nitrogen and oxygen atoms in total. The predicted octanol–water partition coefficient (Wildman–Crippen LogP) is 3.54. The molecule has 0 heterocycles. The van der Waals surface area contributed by atoms with Crippen molar-refractivity contribution < 1.29 is 0 Å².